The van der Waals surface area contributed by atoms with E-state index in [4.69, 9.17) is 11.3 Å². The average Bonchev–Trinajstić information content (AvgIpc) is 2.52. The zero-order valence-corrected chi connectivity index (χ0v) is 6.63. The van der Waals surface area contributed by atoms with E-state index in [0.29, 0.717) is 18.1 Å². The molecule has 1 N–H and O–H groups in total. The van der Waals surface area contributed by atoms with Crippen LogP contribution in [-0.4, -0.2) is 17.6 Å². The van der Waals surface area contributed by atoms with E-state index in [-0.39, 0.29) is 0 Å². The van der Waals surface area contributed by atoms with Crippen LogP contribution >= 0.6 is 0 Å². The molecule has 62 valence electrons. The molecule has 4 heteroatoms. The SMILES string of the molecule is [C-]#[N+]c1ccc(C(=O)OCC)[nH]1. The highest BCUT2D eigenvalue weighted by molar-refractivity contribution is 5.88. The van der Waals surface area contributed by atoms with Crippen molar-refractivity contribution in [2.24, 2.45) is 0 Å². The van der Waals surface area contributed by atoms with Gasteiger partial charge in [0, 0.05) is 0 Å². The van der Waals surface area contributed by atoms with E-state index in [1.165, 1.54) is 6.07 Å². The summed E-state index contributed by atoms with van der Waals surface area (Å²) in [5.41, 5.74) is 0.322. The van der Waals surface area contributed by atoms with Crippen LogP contribution < -0.4 is 0 Å². The van der Waals surface area contributed by atoms with Crippen LogP contribution in [0.2, 0.25) is 0 Å². The highest BCUT2D eigenvalue weighted by atomic mass is 16.5. The van der Waals surface area contributed by atoms with Gasteiger partial charge in [-0.15, -0.1) is 0 Å². The second kappa shape index (κ2) is 3.58. The van der Waals surface area contributed by atoms with Gasteiger partial charge in [-0.3, -0.25) is 4.98 Å². The third-order valence-electron chi connectivity index (χ3n) is 1.29. The summed E-state index contributed by atoms with van der Waals surface area (Å²) < 4.78 is 4.71. The van der Waals surface area contributed by atoms with Gasteiger partial charge in [0.2, 0.25) is 5.82 Å². The molecule has 0 atom stereocenters. The predicted octanol–water partition coefficient (Wildman–Crippen LogP) is 1.74. The van der Waals surface area contributed by atoms with Crippen molar-refractivity contribution < 1.29 is 9.53 Å². The minimum atomic E-state index is -0.424. The first-order valence-corrected chi connectivity index (χ1v) is 3.51. The van der Waals surface area contributed by atoms with Crippen LogP contribution in [0.5, 0.6) is 0 Å². The van der Waals surface area contributed by atoms with Gasteiger partial charge in [0.05, 0.1) is 6.61 Å². The van der Waals surface area contributed by atoms with Gasteiger partial charge < -0.3 is 9.58 Å². The number of aromatic nitrogens is 1. The summed E-state index contributed by atoms with van der Waals surface area (Å²) in [5, 5.41) is 0. The standard InChI is InChI=1S/C8H8N2O2/c1-3-12-8(11)6-4-5-7(9-2)10-6/h4-5,10H,3H2,1H3. The molecule has 0 saturated carbocycles. The van der Waals surface area contributed by atoms with Crippen molar-refractivity contribution in [2.75, 3.05) is 6.61 Å². The minimum absolute atomic E-state index is 0.322. The Balaban J connectivity index is 2.76. The fraction of sp³-hybridized carbons (Fsp3) is 0.250. The summed E-state index contributed by atoms with van der Waals surface area (Å²) in [6.07, 6.45) is 0. The number of nitrogens with one attached hydrogen (secondary N) is 1. The smallest absolute Gasteiger partial charge is 0.376 e. The maximum Gasteiger partial charge on any atom is 0.376 e. The van der Waals surface area contributed by atoms with E-state index in [1.54, 1.807) is 13.0 Å². The van der Waals surface area contributed by atoms with Crippen molar-refractivity contribution in [2.45, 2.75) is 6.92 Å². The molecule has 1 heterocycles. The van der Waals surface area contributed by atoms with Gasteiger partial charge in [-0.25, -0.2) is 4.79 Å². The Morgan fingerprint density at radius 2 is 2.50 bits per heavy atom. The molecule has 1 rings (SSSR count). The lowest BCUT2D eigenvalue weighted by Crippen LogP contribution is -2.04. The van der Waals surface area contributed by atoms with Crippen LogP contribution in [0.4, 0.5) is 5.82 Å². The average molecular weight is 164 g/mol. The van der Waals surface area contributed by atoms with Crippen molar-refractivity contribution in [1.29, 1.82) is 0 Å². The Kier molecular flexibility index (Phi) is 2.49. The molecule has 1 aromatic rings. The molecule has 0 radical (unpaired) electrons. The maximum atomic E-state index is 11.0. The first-order chi connectivity index (χ1) is 5.77. The summed E-state index contributed by atoms with van der Waals surface area (Å²) in [7, 11) is 0. The lowest BCUT2D eigenvalue weighted by atomic mass is 10.4. The molecule has 0 saturated heterocycles. The first kappa shape index (κ1) is 8.34. The molecule has 1 aromatic heterocycles. The highest BCUT2D eigenvalue weighted by Gasteiger charge is 2.10. The zero-order valence-electron chi connectivity index (χ0n) is 6.63. The predicted molar refractivity (Wildman–Crippen MR) is 43.0 cm³/mol. The first-order valence-electron chi connectivity index (χ1n) is 3.51. The number of carbonyl (C=O) groups excluding carboxylic acids is 1. The maximum absolute atomic E-state index is 11.0. The van der Waals surface area contributed by atoms with Crippen molar-refractivity contribution in [3.63, 3.8) is 0 Å². The molecule has 0 unspecified atom stereocenters. The Hall–Kier alpha value is -1.76. The Morgan fingerprint density at radius 1 is 1.75 bits per heavy atom. The molecule has 12 heavy (non-hydrogen) atoms. The third-order valence-corrected chi connectivity index (χ3v) is 1.29. The fourth-order valence-electron chi connectivity index (χ4n) is 0.777. The second-order valence-corrected chi connectivity index (χ2v) is 2.09. The summed E-state index contributed by atoms with van der Waals surface area (Å²) in [4.78, 5) is 16.8. The molecule has 0 bridgehead atoms. The summed E-state index contributed by atoms with van der Waals surface area (Å²) in [6, 6.07) is 3.07. The summed E-state index contributed by atoms with van der Waals surface area (Å²) in [5.74, 6) is -0.0783. The van der Waals surface area contributed by atoms with Gasteiger partial charge in [0.25, 0.3) is 0 Å². The lowest BCUT2D eigenvalue weighted by Gasteiger charge is -1.94. The van der Waals surface area contributed by atoms with E-state index in [2.05, 4.69) is 9.83 Å². The Bertz CT molecular complexity index is 322. The molecule has 0 aliphatic carbocycles. The number of esters is 1. The topological polar surface area (TPSA) is 46.5 Å². The highest BCUT2D eigenvalue weighted by Crippen LogP contribution is 2.10. The van der Waals surface area contributed by atoms with E-state index in [9.17, 15) is 4.79 Å². The number of aromatic amines is 1. The molecular weight excluding hydrogens is 156 g/mol. The summed E-state index contributed by atoms with van der Waals surface area (Å²) >= 11 is 0. The van der Waals surface area contributed by atoms with E-state index in [0.717, 1.165) is 0 Å². The number of hydrogen-bond acceptors (Lipinski definition) is 2. The molecule has 0 amide bonds. The second-order valence-electron chi connectivity index (χ2n) is 2.09. The Labute approximate surface area is 70.0 Å². The third kappa shape index (κ3) is 1.64. The normalized spacial score (nSPS) is 9.00. The molecule has 0 fully saturated rings. The van der Waals surface area contributed by atoms with Crippen LogP contribution in [-0.2, 0) is 4.74 Å². The van der Waals surface area contributed by atoms with Crippen molar-refractivity contribution in [3.8, 4) is 0 Å². The largest absolute Gasteiger partial charge is 0.460 e. The van der Waals surface area contributed by atoms with Gasteiger partial charge in [-0.05, 0) is 19.1 Å². The number of nitrogens with zero attached hydrogens (tertiary/aromatic N) is 1. The van der Waals surface area contributed by atoms with Gasteiger partial charge in [0.1, 0.15) is 0 Å². The number of H-pyrrole nitrogens is 1. The monoisotopic (exact) mass is 164 g/mol. The molecule has 4 nitrogen and oxygen atoms in total. The molecule has 0 aliphatic heterocycles. The van der Waals surface area contributed by atoms with Crippen LogP contribution in [0.25, 0.3) is 4.85 Å². The van der Waals surface area contributed by atoms with Gasteiger partial charge in [-0.1, -0.05) is 6.57 Å². The van der Waals surface area contributed by atoms with E-state index < -0.39 is 5.97 Å². The molecule has 0 aromatic carbocycles. The van der Waals surface area contributed by atoms with E-state index >= 15 is 0 Å². The number of carbonyl (C=O) groups is 1. The quantitative estimate of drug-likeness (QED) is 0.534. The van der Waals surface area contributed by atoms with Gasteiger partial charge >= 0.3 is 5.97 Å². The van der Waals surface area contributed by atoms with Crippen LogP contribution in [0, 0.1) is 6.57 Å². The van der Waals surface area contributed by atoms with Gasteiger partial charge in [-0.2, -0.15) is 0 Å². The Morgan fingerprint density at radius 3 is 3.00 bits per heavy atom. The van der Waals surface area contributed by atoms with Crippen LogP contribution in [0.15, 0.2) is 12.1 Å². The molecule has 0 aliphatic rings. The zero-order chi connectivity index (χ0) is 8.97. The van der Waals surface area contributed by atoms with Crippen molar-refractivity contribution in [3.05, 3.63) is 29.2 Å². The number of rotatable bonds is 2. The van der Waals surface area contributed by atoms with Gasteiger partial charge in [0.15, 0.2) is 5.69 Å². The van der Waals surface area contributed by atoms with Crippen LogP contribution in [0.3, 0.4) is 0 Å². The van der Waals surface area contributed by atoms with Crippen LogP contribution in [0.1, 0.15) is 17.4 Å². The van der Waals surface area contributed by atoms with Crippen molar-refractivity contribution in [1.82, 2.24) is 4.98 Å². The number of hydrogen-bond donors (Lipinski definition) is 1. The fourth-order valence-corrected chi connectivity index (χ4v) is 0.777. The molecular formula is C8H8N2O2. The minimum Gasteiger partial charge on any atom is -0.460 e. The van der Waals surface area contributed by atoms with Crippen molar-refractivity contribution >= 4 is 11.8 Å². The molecule has 0 spiro atoms. The number of ether oxygens (including phenoxy) is 1. The van der Waals surface area contributed by atoms with E-state index in [1.807, 2.05) is 0 Å². The lowest BCUT2D eigenvalue weighted by molar-refractivity contribution is 0.0520. The summed E-state index contributed by atoms with van der Waals surface area (Å²) in [6.45, 7) is 8.71.